The molecule has 0 unspecified atom stereocenters. The normalized spacial score (nSPS) is 10.6. The van der Waals surface area contributed by atoms with Gasteiger partial charge in [-0.1, -0.05) is 41.5 Å². The minimum atomic E-state index is -0.0503. The highest BCUT2D eigenvalue weighted by molar-refractivity contribution is 6.45. The van der Waals surface area contributed by atoms with E-state index in [-0.39, 0.29) is 5.91 Å². The summed E-state index contributed by atoms with van der Waals surface area (Å²) in [6, 6.07) is 6.96. The predicted molar refractivity (Wildman–Crippen MR) is 83.6 cm³/mol. The summed E-state index contributed by atoms with van der Waals surface area (Å²) in [5.41, 5.74) is 2.29. The van der Waals surface area contributed by atoms with Crippen molar-refractivity contribution in [1.29, 1.82) is 0 Å². The van der Waals surface area contributed by atoms with E-state index in [0.717, 1.165) is 17.2 Å². The van der Waals surface area contributed by atoms with Crippen molar-refractivity contribution in [3.8, 4) is 0 Å². The highest BCUT2D eigenvalue weighted by atomic mass is 16.1. The Kier molecular flexibility index (Phi) is 4.03. The van der Waals surface area contributed by atoms with Crippen LogP contribution in [0.1, 0.15) is 19.8 Å². The highest BCUT2D eigenvalue weighted by Crippen LogP contribution is 2.19. The fraction of sp³-hybridized carbons (Fsp3) is 0.214. The fourth-order valence-corrected chi connectivity index (χ4v) is 2.14. The third-order valence-electron chi connectivity index (χ3n) is 2.88. The average Bonchev–Trinajstić information content (AvgIpc) is 2.26. The summed E-state index contributed by atoms with van der Waals surface area (Å²) in [6.07, 6.45) is 1.25. The van der Waals surface area contributed by atoms with Crippen molar-refractivity contribution in [1.82, 2.24) is 0 Å². The van der Waals surface area contributed by atoms with Crippen molar-refractivity contribution in [2.45, 2.75) is 19.8 Å². The average molecular weight is 243 g/mol. The zero-order valence-electron chi connectivity index (χ0n) is 10.9. The number of amides is 1. The molecule has 88 valence electrons. The maximum atomic E-state index is 11.7. The SMILES string of the molecule is [B]c1cc([B])c2c(NC(=O)CCC)cc([B])cc2c1. The second-order valence-electron chi connectivity index (χ2n) is 4.57. The molecule has 0 aliphatic carbocycles. The van der Waals surface area contributed by atoms with E-state index in [0.29, 0.717) is 28.5 Å². The van der Waals surface area contributed by atoms with Gasteiger partial charge in [0.2, 0.25) is 5.91 Å². The van der Waals surface area contributed by atoms with Crippen LogP contribution in [0.5, 0.6) is 0 Å². The minimum absolute atomic E-state index is 0.0503. The number of nitrogens with one attached hydrogen (secondary N) is 1. The Morgan fingerprint density at radius 3 is 2.37 bits per heavy atom. The van der Waals surface area contributed by atoms with Gasteiger partial charge in [-0.2, -0.15) is 0 Å². The summed E-state index contributed by atoms with van der Waals surface area (Å²) >= 11 is 0. The minimum Gasteiger partial charge on any atom is -0.326 e. The molecule has 0 fully saturated rings. The topological polar surface area (TPSA) is 29.1 Å². The van der Waals surface area contributed by atoms with Crippen molar-refractivity contribution in [2.24, 2.45) is 0 Å². The number of carbonyl (C=O) groups is 1. The van der Waals surface area contributed by atoms with Crippen LogP contribution in [0.15, 0.2) is 24.3 Å². The Morgan fingerprint density at radius 1 is 1.11 bits per heavy atom. The molecule has 5 heteroatoms. The Balaban J connectivity index is 2.56. The molecule has 0 aliphatic rings. The predicted octanol–water partition coefficient (Wildman–Crippen LogP) is -0.0402. The van der Waals surface area contributed by atoms with E-state index in [1.165, 1.54) is 0 Å². The van der Waals surface area contributed by atoms with E-state index >= 15 is 0 Å². The lowest BCUT2D eigenvalue weighted by atomic mass is 9.80. The molecule has 19 heavy (non-hydrogen) atoms. The molecule has 0 heterocycles. The molecule has 2 aromatic rings. The number of hydrogen-bond acceptors (Lipinski definition) is 1. The maximum Gasteiger partial charge on any atom is 0.224 e. The lowest BCUT2D eigenvalue weighted by Gasteiger charge is -2.14. The van der Waals surface area contributed by atoms with Crippen LogP contribution in [0.2, 0.25) is 0 Å². The van der Waals surface area contributed by atoms with Gasteiger partial charge >= 0.3 is 0 Å². The third-order valence-corrected chi connectivity index (χ3v) is 2.88. The van der Waals surface area contributed by atoms with E-state index in [1.807, 2.05) is 6.92 Å². The van der Waals surface area contributed by atoms with Gasteiger partial charge in [0, 0.05) is 12.1 Å². The molecule has 0 spiro atoms. The standard InChI is InChI=1S/C14H12B3NO/c1-2-3-13(19)18-12-7-10(16)5-8-4-9(15)6-11(17)14(8)12/h4-7H,2-3H2,1H3,(H,18,19). The number of anilines is 1. The van der Waals surface area contributed by atoms with Crippen LogP contribution in [-0.4, -0.2) is 29.4 Å². The lowest BCUT2D eigenvalue weighted by molar-refractivity contribution is -0.116. The largest absolute Gasteiger partial charge is 0.326 e. The van der Waals surface area contributed by atoms with Gasteiger partial charge < -0.3 is 5.32 Å². The molecule has 1 amide bonds. The quantitative estimate of drug-likeness (QED) is 0.752. The van der Waals surface area contributed by atoms with Gasteiger partial charge in [-0.05, 0) is 23.3 Å². The molecule has 6 radical (unpaired) electrons. The van der Waals surface area contributed by atoms with E-state index in [1.54, 1.807) is 24.3 Å². The molecule has 0 saturated carbocycles. The first-order valence-corrected chi connectivity index (χ1v) is 6.19. The molecule has 0 aliphatic heterocycles. The van der Waals surface area contributed by atoms with E-state index in [9.17, 15) is 4.79 Å². The maximum absolute atomic E-state index is 11.7. The second kappa shape index (κ2) is 5.56. The number of hydrogen-bond donors (Lipinski definition) is 1. The van der Waals surface area contributed by atoms with Gasteiger partial charge in [0.25, 0.3) is 0 Å². The lowest BCUT2D eigenvalue weighted by Crippen LogP contribution is -2.20. The van der Waals surface area contributed by atoms with Crippen LogP contribution < -0.4 is 21.7 Å². The number of fused-ring (bicyclic) bond motifs is 1. The summed E-state index contributed by atoms with van der Waals surface area (Å²) in [5, 5.41) is 4.44. The van der Waals surface area contributed by atoms with Crippen molar-refractivity contribution in [2.75, 3.05) is 5.32 Å². The molecule has 0 bridgehead atoms. The Hall–Kier alpha value is -1.64. The Morgan fingerprint density at radius 2 is 1.74 bits per heavy atom. The van der Waals surface area contributed by atoms with Crippen LogP contribution in [-0.2, 0) is 4.79 Å². The molecule has 2 rings (SSSR count). The first-order chi connectivity index (χ1) is 9.01. The zero-order chi connectivity index (χ0) is 14.0. The number of benzene rings is 2. The summed E-state index contributed by atoms with van der Waals surface area (Å²) in [5.74, 6) is -0.0503. The van der Waals surface area contributed by atoms with Gasteiger partial charge in [-0.25, -0.2) is 0 Å². The summed E-state index contributed by atoms with van der Waals surface area (Å²) < 4.78 is 0. The zero-order valence-corrected chi connectivity index (χ0v) is 10.9. The van der Waals surface area contributed by atoms with E-state index in [2.05, 4.69) is 5.32 Å². The van der Waals surface area contributed by atoms with Gasteiger partial charge in [0.15, 0.2) is 0 Å². The molecule has 2 nitrogen and oxygen atoms in total. The molecule has 1 N–H and O–H groups in total. The number of rotatable bonds is 3. The summed E-state index contributed by atoms with van der Waals surface area (Å²) in [4.78, 5) is 11.7. The summed E-state index contributed by atoms with van der Waals surface area (Å²) in [6.45, 7) is 1.95. The highest BCUT2D eigenvalue weighted by Gasteiger charge is 2.08. The van der Waals surface area contributed by atoms with Crippen molar-refractivity contribution < 1.29 is 4.79 Å². The Labute approximate surface area is 117 Å². The first kappa shape index (κ1) is 13.8. The van der Waals surface area contributed by atoms with Crippen LogP contribution in [0, 0.1) is 0 Å². The monoisotopic (exact) mass is 243 g/mol. The number of carbonyl (C=O) groups excluding carboxylic acids is 1. The summed E-state index contributed by atoms with van der Waals surface area (Å²) in [7, 11) is 17.6. The van der Waals surface area contributed by atoms with Crippen molar-refractivity contribution >= 4 is 62.3 Å². The molecule has 0 saturated heterocycles. The smallest absolute Gasteiger partial charge is 0.224 e. The van der Waals surface area contributed by atoms with E-state index < -0.39 is 0 Å². The second-order valence-corrected chi connectivity index (χ2v) is 4.57. The molecular formula is C14H12B3NO. The van der Waals surface area contributed by atoms with Gasteiger partial charge in [-0.3, -0.25) is 4.79 Å². The Bertz CT molecular complexity index is 635. The first-order valence-electron chi connectivity index (χ1n) is 6.19. The molecule has 0 atom stereocenters. The van der Waals surface area contributed by atoms with Crippen LogP contribution in [0.3, 0.4) is 0 Å². The fourth-order valence-electron chi connectivity index (χ4n) is 2.14. The van der Waals surface area contributed by atoms with Crippen LogP contribution >= 0.6 is 0 Å². The molecule has 0 aromatic heterocycles. The van der Waals surface area contributed by atoms with E-state index in [4.69, 9.17) is 23.5 Å². The van der Waals surface area contributed by atoms with Gasteiger partial charge in [-0.15, -0.1) is 0 Å². The van der Waals surface area contributed by atoms with Gasteiger partial charge in [0.1, 0.15) is 23.5 Å². The molecular weight excluding hydrogens is 231 g/mol. The van der Waals surface area contributed by atoms with Crippen LogP contribution in [0.25, 0.3) is 10.8 Å². The third kappa shape index (κ3) is 3.03. The van der Waals surface area contributed by atoms with Crippen molar-refractivity contribution in [3.63, 3.8) is 0 Å². The molecule has 2 aromatic carbocycles. The van der Waals surface area contributed by atoms with Crippen molar-refractivity contribution in [3.05, 3.63) is 24.3 Å². The van der Waals surface area contributed by atoms with Gasteiger partial charge in [0.05, 0.1) is 0 Å². The van der Waals surface area contributed by atoms with Crippen LogP contribution in [0.4, 0.5) is 5.69 Å².